The third-order valence-electron chi connectivity index (χ3n) is 6.68. The number of hydrogen-bond donors (Lipinski definition) is 1. The molecular formula is C26H32ClN3O. The summed E-state index contributed by atoms with van der Waals surface area (Å²) in [5, 5.41) is 0.785. The van der Waals surface area contributed by atoms with E-state index in [0.717, 1.165) is 56.3 Å². The monoisotopic (exact) mass is 437 g/mol. The Morgan fingerprint density at radius 2 is 1.71 bits per heavy atom. The molecule has 31 heavy (non-hydrogen) atoms. The Hall–Kier alpha value is -2.30. The van der Waals surface area contributed by atoms with E-state index >= 15 is 0 Å². The van der Waals surface area contributed by atoms with E-state index in [0.29, 0.717) is 11.0 Å². The minimum Gasteiger partial charge on any atom is -0.368 e. The van der Waals surface area contributed by atoms with Crippen molar-refractivity contribution in [1.29, 1.82) is 0 Å². The molecule has 5 heteroatoms. The molecule has 1 aliphatic carbocycles. The normalized spacial score (nSPS) is 19.5. The van der Waals surface area contributed by atoms with Crippen LogP contribution < -0.4 is 10.6 Å². The van der Waals surface area contributed by atoms with Crippen LogP contribution in [0.2, 0.25) is 5.02 Å². The van der Waals surface area contributed by atoms with Crippen molar-refractivity contribution < 1.29 is 4.79 Å². The van der Waals surface area contributed by atoms with Crippen LogP contribution in [0.3, 0.4) is 0 Å². The van der Waals surface area contributed by atoms with Gasteiger partial charge in [0.05, 0.1) is 5.56 Å². The number of amides is 1. The summed E-state index contributed by atoms with van der Waals surface area (Å²) in [6.45, 7) is 9.52. The second-order valence-electron chi connectivity index (χ2n) is 9.57. The van der Waals surface area contributed by atoms with Crippen LogP contribution in [0.25, 0.3) is 5.57 Å². The van der Waals surface area contributed by atoms with Crippen LogP contribution in [-0.2, 0) is 0 Å². The van der Waals surface area contributed by atoms with Crippen LogP contribution in [0.5, 0.6) is 0 Å². The lowest BCUT2D eigenvalue weighted by molar-refractivity contribution is 0.100. The maximum atomic E-state index is 11.8. The van der Waals surface area contributed by atoms with Gasteiger partial charge in [0, 0.05) is 43.4 Å². The van der Waals surface area contributed by atoms with E-state index in [1.165, 1.54) is 17.6 Å². The first-order valence-corrected chi connectivity index (χ1v) is 11.5. The number of halogens is 1. The Morgan fingerprint density at radius 3 is 2.39 bits per heavy atom. The summed E-state index contributed by atoms with van der Waals surface area (Å²) >= 11 is 6.14. The third-order valence-corrected chi connectivity index (χ3v) is 6.93. The molecule has 2 aromatic rings. The van der Waals surface area contributed by atoms with Crippen molar-refractivity contribution in [1.82, 2.24) is 4.90 Å². The van der Waals surface area contributed by atoms with Crippen LogP contribution in [-0.4, -0.2) is 43.5 Å². The molecule has 0 saturated carbocycles. The fourth-order valence-electron chi connectivity index (χ4n) is 4.84. The predicted molar refractivity (Wildman–Crippen MR) is 130 cm³/mol. The Balaban J connectivity index is 1.49. The fraction of sp³-hybridized carbons (Fsp3) is 0.423. The minimum atomic E-state index is -0.361. The zero-order valence-corrected chi connectivity index (χ0v) is 19.3. The highest BCUT2D eigenvalue weighted by Crippen LogP contribution is 2.43. The number of anilines is 1. The highest BCUT2D eigenvalue weighted by molar-refractivity contribution is 6.30. The number of primary amides is 1. The lowest BCUT2D eigenvalue weighted by atomic mass is 9.72. The second kappa shape index (κ2) is 9.05. The number of hydrogen-bond acceptors (Lipinski definition) is 3. The lowest BCUT2D eigenvalue weighted by Gasteiger charge is -2.39. The van der Waals surface area contributed by atoms with Crippen molar-refractivity contribution in [3.8, 4) is 0 Å². The summed E-state index contributed by atoms with van der Waals surface area (Å²) in [5.41, 5.74) is 11.8. The van der Waals surface area contributed by atoms with Gasteiger partial charge in [-0.3, -0.25) is 9.69 Å². The van der Waals surface area contributed by atoms with Gasteiger partial charge in [-0.15, -0.1) is 0 Å². The van der Waals surface area contributed by atoms with Crippen LogP contribution in [0.15, 0.2) is 54.1 Å². The summed E-state index contributed by atoms with van der Waals surface area (Å²) in [6, 6.07) is 16.0. The van der Waals surface area contributed by atoms with E-state index in [2.05, 4.69) is 35.8 Å². The number of piperazine rings is 1. The van der Waals surface area contributed by atoms with Crippen molar-refractivity contribution in [2.75, 3.05) is 37.6 Å². The first-order valence-electron chi connectivity index (χ1n) is 11.2. The number of benzene rings is 2. The number of para-hydroxylation sites is 1. The SMILES string of the molecule is CC1(C)CCC(CN2CCN(c3ccccc3C(N)=O)CC2)=C(c2ccc(Cl)cc2)C1. The van der Waals surface area contributed by atoms with E-state index in [1.54, 1.807) is 5.57 Å². The minimum absolute atomic E-state index is 0.329. The zero-order chi connectivity index (χ0) is 22.0. The average molecular weight is 438 g/mol. The van der Waals surface area contributed by atoms with Gasteiger partial charge in [-0.05, 0) is 60.1 Å². The van der Waals surface area contributed by atoms with Gasteiger partial charge in [-0.1, -0.05) is 55.3 Å². The average Bonchev–Trinajstić information content (AvgIpc) is 2.76. The molecule has 0 spiro atoms. The summed E-state index contributed by atoms with van der Waals surface area (Å²) in [6.07, 6.45) is 3.48. The maximum absolute atomic E-state index is 11.8. The molecule has 0 atom stereocenters. The molecule has 4 rings (SSSR count). The van der Waals surface area contributed by atoms with E-state index in [9.17, 15) is 4.79 Å². The van der Waals surface area contributed by atoms with Gasteiger partial charge in [0.25, 0.3) is 5.91 Å². The Labute approximate surface area is 190 Å². The maximum Gasteiger partial charge on any atom is 0.250 e. The fourth-order valence-corrected chi connectivity index (χ4v) is 4.96. The third kappa shape index (κ3) is 5.13. The Morgan fingerprint density at radius 1 is 1.03 bits per heavy atom. The Kier molecular flexibility index (Phi) is 6.40. The van der Waals surface area contributed by atoms with Crippen LogP contribution in [0, 0.1) is 5.41 Å². The molecule has 1 amide bonds. The largest absolute Gasteiger partial charge is 0.368 e. The molecule has 0 aromatic heterocycles. The van der Waals surface area contributed by atoms with Crippen molar-refractivity contribution in [2.45, 2.75) is 33.1 Å². The highest BCUT2D eigenvalue weighted by atomic mass is 35.5. The molecule has 1 aliphatic heterocycles. The lowest BCUT2D eigenvalue weighted by Crippen LogP contribution is -2.47. The topological polar surface area (TPSA) is 49.6 Å². The van der Waals surface area contributed by atoms with Gasteiger partial charge in [0.15, 0.2) is 0 Å². The van der Waals surface area contributed by atoms with Gasteiger partial charge in [0.2, 0.25) is 0 Å². The van der Waals surface area contributed by atoms with Crippen molar-refractivity contribution in [3.05, 3.63) is 70.3 Å². The van der Waals surface area contributed by atoms with Gasteiger partial charge < -0.3 is 10.6 Å². The van der Waals surface area contributed by atoms with Crippen LogP contribution in [0.4, 0.5) is 5.69 Å². The summed E-state index contributed by atoms with van der Waals surface area (Å²) in [4.78, 5) is 16.6. The molecule has 4 nitrogen and oxygen atoms in total. The van der Waals surface area contributed by atoms with Crippen LogP contribution in [0.1, 0.15) is 49.0 Å². The van der Waals surface area contributed by atoms with Crippen molar-refractivity contribution in [2.24, 2.45) is 11.1 Å². The van der Waals surface area contributed by atoms with E-state index in [1.807, 2.05) is 36.4 Å². The molecule has 1 heterocycles. The highest BCUT2D eigenvalue weighted by Gasteiger charge is 2.29. The molecule has 164 valence electrons. The molecule has 2 aromatic carbocycles. The van der Waals surface area contributed by atoms with Crippen molar-refractivity contribution >= 4 is 28.8 Å². The first-order chi connectivity index (χ1) is 14.8. The van der Waals surface area contributed by atoms with Gasteiger partial charge in [-0.25, -0.2) is 0 Å². The van der Waals surface area contributed by atoms with Crippen LogP contribution >= 0.6 is 11.6 Å². The first kappa shape index (κ1) is 21.9. The number of nitrogens with two attached hydrogens (primary N) is 1. The Bertz CT molecular complexity index is 972. The molecule has 0 unspecified atom stereocenters. The van der Waals surface area contributed by atoms with E-state index in [-0.39, 0.29) is 5.91 Å². The quantitative estimate of drug-likeness (QED) is 0.697. The summed E-state index contributed by atoms with van der Waals surface area (Å²) < 4.78 is 0. The smallest absolute Gasteiger partial charge is 0.250 e. The number of nitrogens with zero attached hydrogens (tertiary/aromatic N) is 2. The molecule has 0 bridgehead atoms. The molecular weight excluding hydrogens is 406 g/mol. The molecule has 2 aliphatic rings. The number of carbonyl (C=O) groups is 1. The van der Waals surface area contributed by atoms with Gasteiger partial charge in [-0.2, -0.15) is 0 Å². The number of carbonyl (C=O) groups excluding carboxylic acids is 1. The van der Waals surface area contributed by atoms with E-state index in [4.69, 9.17) is 17.3 Å². The predicted octanol–water partition coefficient (Wildman–Crippen LogP) is 5.22. The number of allylic oxidation sites excluding steroid dienone is 1. The van der Waals surface area contributed by atoms with Crippen molar-refractivity contribution in [3.63, 3.8) is 0 Å². The second-order valence-corrected chi connectivity index (χ2v) is 10.0. The van der Waals surface area contributed by atoms with Gasteiger partial charge in [0.1, 0.15) is 0 Å². The zero-order valence-electron chi connectivity index (χ0n) is 18.5. The number of rotatable bonds is 5. The summed E-state index contributed by atoms with van der Waals surface area (Å²) in [7, 11) is 0. The standard InChI is InChI=1S/C26H32ClN3O/c1-26(2)12-11-20(23(17-26)19-7-9-21(27)10-8-19)18-29-13-15-30(16-14-29)24-6-4-3-5-22(24)25(28)31/h3-10H,11-18H2,1-2H3,(H2,28,31). The van der Waals surface area contributed by atoms with E-state index < -0.39 is 0 Å². The molecule has 1 saturated heterocycles. The van der Waals surface area contributed by atoms with Gasteiger partial charge >= 0.3 is 0 Å². The molecule has 0 radical (unpaired) electrons. The molecule has 1 fully saturated rings. The summed E-state index contributed by atoms with van der Waals surface area (Å²) in [5.74, 6) is -0.361. The molecule has 2 N–H and O–H groups in total.